The first-order chi connectivity index (χ1) is 9.01. The zero-order valence-corrected chi connectivity index (χ0v) is 10.6. The van der Waals surface area contributed by atoms with E-state index < -0.39 is 17.8 Å². The van der Waals surface area contributed by atoms with E-state index in [2.05, 4.69) is 10.6 Å². The maximum Gasteiger partial charge on any atom is 0.241 e. The molecule has 0 radical (unpaired) electrons. The average molecular weight is 265 g/mol. The summed E-state index contributed by atoms with van der Waals surface area (Å²) in [6.45, 7) is 1.77. The molecule has 19 heavy (non-hydrogen) atoms. The molecule has 1 aliphatic rings. The average Bonchev–Trinajstić information content (AvgIpc) is 2.39. The molecule has 1 aliphatic heterocycles. The predicted molar refractivity (Wildman–Crippen MR) is 70.2 cm³/mol. The second kappa shape index (κ2) is 5.36. The van der Waals surface area contributed by atoms with E-state index in [1.807, 2.05) is 0 Å². The van der Waals surface area contributed by atoms with Crippen molar-refractivity contribution in [1.29, 1.82) is 0 Å². The molecule has 6 heteroatoms. The van der Waals surface area contributed by atoms with E-state index in [0.717, 1.165) is 5.56 Å². The molecule has 1 aromatic rings. The first kappa shape index (κ1) is 13.5. The SMILES string of the molecule is CC[C@H](N)C(=O)Nc1cc2c(cc1F)CCC(=O)N2. The number of halogens is 1. The molecule has 0 saturated heterocycles. The highest BCUT2D eigenvalue weighted by Crippen LogP contribution is 2.28. The minimum absolute atomic E-state index is 0.0369. The Bertz CT molecular complexity index is 531. The molecule has 1 atom stereocenters. The monoisotopic (exact) mass is 265 g/mol. The number of anilines is 2. The molecule has 0 saturated carbocycles. The van der Waals surface area contributed by atoms with E-state index in [1.165, 1.54) is 12.1 Å². The van der Waals surface area contributed by atoms with Crippen molar-refractivity contribution in [3.63, 3.8) is 0 Å². The number of amides is 2. The zero-order chi connectivity index (χ0) is 14.0. The molecular weight excluding hydrogens is 249 g/mol. The molecule has 0 aliphatic carbocycles. The van der Waals surface area contributed by atoms with Gasteiger partial charge in [-0.25, -0.2) is 4.39 Å². The van der Waals surface area contributed by atoms with Crippen LogP contribution in [0.1, 0.15) is 25.3 Å². The van der Waals surface area contributed by atoms with Crippen molar-refractivity contribution in [2.75, 3.05) is 10.6 Å². The van der Waals surface area contributed by atoms with Crippen LogP contribution in [-0.2, 0) is 16.0 Å². The van der Waals surface area contributed by atoms with Gasteiger partial charge in [0.2, 0.25) is 11.8 Å². The Morgan fingerprint density at radius 1 is 1.53 bits per heavy atom. The molecule has 0 spiro atoms. The van der Waals surface area contributed by atoms with Crippen molar-refractivity contribution >= 4 is 23.2 Å². The summed E-state index contributed by atoms with van der Waals surface area (Å²) in [6, 6.07) is 2.09. The largest absolute Gasteiger partial charge is 0.326 e. The number of fused-ring (bicyclic) bond motifs is 1. The van der Waals surface area contributed by atoms with Crippen molar-refractivity contribution in [2.24, 2.45) is 5.73 Å². The van der Waals surface area contributed by atoms with Crippen LogP contribution in [0.15, 0.2) is 12.1 Å². The first-order valence-electron chi connectivity index (χ1n) is 6.20. The van der Waals surface area contributed by atoms with Gasteiger partial charge in [0.05, 0.1) is 11.7 Å². The van der Waals surface area contributed by atoms with Gasteiger partial charge in [-0.05, 0) is 30.5 Å². The number of carbonyl (C=O) groups excluding carboxylic acids is 2. The number of hydrogen-bond donors (Lipinski definition) is 3. The van der Waals surface area contributed by atoms with E-state index in [-0.39, 0.29) is 11.6 Å². The number of benzene rings is 1. The minimum atomic E-state index is -0.676. The summed E-state index contributed by atoms with van der Waals surface area (Å²) in [4.78, 5) is 22.9. The summed E-state index contributed by atoms with van der Waals surface area (Å²) < 4.78 is 13.8. The van der Waals surface area contributed by atoms with Crippen molar-refractivity contribution in [3.8, 4) is 0 Å². The molecule has 0 bridgehead atoms. The zero-order valence-electron chi connectivity index (χ0n) is 10.6. The molecule has 1 heterocycles. The number of nitrogens with one attached hydrogen (secondary N) is 2. The second-order valence-electron chi connectivity index (χ2n) is 4.54. The quantitative estimate of drug-likeness (QED) is 0.772. The molecule has 5 nitrogen and oxygen atoms in total. The summed E-state index contributed by atoms with van der Waals surface area (Å²) in [5.41, 5.74) is 6.88. The number of nitrogens with two attached hydrogens (primary N) is 1. The Balaban J connectivity index is 2.24. The van der Waals surface area contributed by atoms with Crippen molar-refractivity contribution < 1.29 is 14.0 Å². The molecule has 1 aromatic carbocycles. The Morgan fingerprint density at radius 3 is 2.95 bits per heavy atom. The number of hydrogen-bond acceptors (Lipinski definition) is 3. The highest BCUT2D eigenvalue weighted by atomic mass is 19.1. The van der Waals surface area contributed by atoms with E-state index >= 15 is 0 Å². The highest BCUT2D eigenvalue weighted by Gasteiger charge is 2.19. The molecule has 0 aromatic heterocycles. The van der Waals surface area contributed by atoms with Crippen LogP contribution >= 0.6 is 0 Å². The lowest BCUT2D eigenvalue weighted by molar-refractivity contribution is -0.117. The smallest absolute Gasteiger partial charge is 0.241 e. The van der Waals surface area contributed by atoms with Crippen LogP contribution in [0, 0.1) is 5.82 Å². The van der Waals surface area contributed by atoms with Crippen LogP contribution in [0.4, 0.5) is 15.8 Å². The third-order valence-electron chi connectivity index (χ3n) is 3.12. The van der Waals surface area contributed by atoms with Crippen LogP contribution in [0.2, 0.25) is 0 Å². The van der Waals surface area contributed by atoms with E-state index in [1.54, 1.807) is 6.92 Å². The topological polar surface area (TPSA) is 84.2 Å². The van der Waals surface area contributed by atoms with Gasteiger partial charge in [0.1, 0.15) is 5.82 Å². The van der Waals surface area contributed by atoms with Gasteiger partial charge in [0, 0.05) is 12.1 Å². The van der Waals surface area contributed by atoms with Crippen LogP contribution < -0.4 is 16.4 Å². The molecular formula is C13H16FN3O2. The standard InChI is InChI=1S/C13H16FN3O2/c1-2-9(15)13(19)17-11-6-10-7(5-8(11)14)3-4-12(18)16-10/h5-6,9H,2-4,15H2,1H3,(H,16,18)(H,17,19)/t9-/m0/s1. The third kappa shape index (κ3) is 2.90. The Labute approximate surface area is 110 Å². The summed E-state index contributed by atoms with van der Waals surface area (Å²) in [5, 5.41) is 5.09. The lowest BCUT2D eigenvalue weighted by Gasteiger charge is -2.19. The maximum atomic E-state index is 13.8. The maximum absolute atomic E-state index is 13.8. The van der Waals surface area contributed by atoms with Gasteiger partial charge in [-0.3, -0.25) is 9.59 Å². The molecule has 4 N–H and O–H groups in total. The second-order valence-corrected chi connectivity index (χ2v) is 4.54. The minimum Gasteiger partial charge on any atom is -0.326 e. The van der Waals surface area contributed by atoms with Gasteiger partial charge < -0.3 is 16.4 Å². The van der Waals surface area contributed by atoms with E-state index in [4.69, 9.17) is 5.73 Å². The van der Waals surface area contributed by atoms with Gasteiger partial charge in [0.25, 0.3) is 0 Å². The van der Waals surface area contributed by atoms with Crippen LogP contribution in [0.3, 0.4) is 0 Å². The normalized spacial score (nSPS) is 15.4. The van der Waals surface area contributed by atoms with Crippen LogP contribution in [0.25, 0.3) is 0 Å². The van der Waals surface area contributed by atoms with Crippen LogP contribution in [0.5, 0.6) is 0 Å². The van der Waals surface area contributed by atoms with Gasteiger partial charge in [-0.15, -0.1) is 0 Å². The first-order valence-corrected chi connectivity index (χ1v) is 6.20. The summed E-state index contributed by atoms with van der Waals surface area (Å²) in [6.07, 6.45) is 1.31. The van der Waals surface area contributed by atoms with Gasteiger partial charge >= 0.3 is 0 Å². The predicted octanol–water partition coefficient (Wildman–Crippen LogP) is 1.39. The van der Waals surface area contributed by atoms with Gasteiger partial charge in [0.15, 0.2) is 0 Å². The number of aryl methyl sites for hydroxylation is 1. The number of carbonyl (C=O) groups is 2. The Hall–Kier alpha value is -1.95. The lowest BCUT2D eigenvalue weighted by atomic mass is 10.0. The molecule has 0 fully saturated rings. The van der Waals surface area contributed by atoms with Crippen LogP contribution in [-0.4, -0.2) is 17.9 Å². The highest BCUT2D eigenvalue weighted by molar-refractivity contribution is 5.98. The molecule has 0 unspecified atom stereocenters. The van der Waals surface area contributed by atoms with Crippen molar-refractivity contribution in [1.82, 2.24) is 0 Å². The summed E-state index contributed by atoms with van der Waals surface area (Å²) >= 11 is 0. The molecule has 2 amide bonds. The van der Waals surface area contributed by atoms with Gasteiger partial charge in [-0.2, -0.15) is 0 Å². The number of rotatable bonds is 3. The summed E-state index contributed by atoms with van der Waals surface area (Å²) in [7, 11) is 0. The summed E-state index contributed by atoms with van der Waals surface area (Å²) in [5.74, 6) is -1.07. The van der Waals surface area contributed by atoms with Crippen molar-refractivity contribution in [3.05, 3.63) is 23.5 Å². The lowest BCUT2D eigenvalue weighted by Crippen LogP contribution is -2.35. The van der Waals surface area contributed by atoms with E-state index in [9.17, 15) is 14.0 Å². The fourth-order valence-corrected chi connectivity index (χ4v) is 1.91. The fourth-order valence-electron chi connectivity index (χ4n) is 1.91. The Kier molecular flexibility index (Phi) is 3.80. The fraction of sp³-hybridized carbons (Fsp3) is 0.385. The molecule has 2 rings (SSSR count). The van der Waals surface area contributed by atoms with Crippen molar-refractivity contribution in [2.45, 2.75) is 32.2 Å². The molecule has 102 valence electrons. The van der Waals surface area contributed by atoms with E-state index in [0.29, 0.717) is 24.9 Å². The third-order valence-corrected chi connectivity index (χ3v) is 3.12. The van der Waals surface area contributed by atoms with Gasteiger partial charge in [-0.1, -0.05) is 6.92 Å². The Morgan fingerprint density at radius 2 is 2.26 bits per heavy atom.